The second-order valence-electron chi connectivity index (χ2n) is 4.22. The van der Waals surface area contributed by atoms with Gasteiger partial charge in [0, 0.05) is 6.42 Å². The maximum Gasteiger partial charge on any atom is 0.0913 e. The number of hydrogen-bond donors (Lipinski definition) is 0. The van der Waals surface area contributed by atoms with Crippen molar-refractivity contribution in [1.82, 2.24) is 0 Å². The second-order valence-corrected chi connectivity index (χ2v) is 5.16. The first-order chi connectivity index (χ1) is 7.55. The van der Waals surface area contributed by atoms with Crippen LogP contribution in [-0.4, -0.2) is 6.61 Å². The molecule has 1 rings (SSSR count). The number of rotatable bonds is 5. The van der Waals surface area contributed by atoms with Crippen molar-refractivity contribution in [1.29, 1.82) is 0 Å². The van der Waals surface area contributed by atoms with Crippen LogP contribution in [0, 0.1) is 0 Å². The number of halogens is 1. The summed E-state index contributed by atoms with van der Waals surface area (Å²) in [4.78, 5) is -0.322. The molecule has 0 aliphatic carbocycles. The Morgan fingerprint density at radius 1 is 1.31 bits per heavy atom. The first kappa shape index (κ1) is 13.1. The molecule has 0 bridgehead atoms. The van der Waals surface area contributed by atoms with Crippen LogP contribution in [0.3, 0.4) is 0 Å². The highest BCUT2D eigenvalue weighted by Crippen LogP contribution is 2.30. The molecule has 88 valence electrons. The third kappa shape index (κ3) is 3.90. The Morgan fingerprint density at radius 2 is 2.00 bits per heavy atom. The van der Waals surface area contributed by atoms with Crippen molar-refractivity contribution in [3.8, 4) is 0 Å². The number of benzene rings is 1. The molecule has 0 aliphatic heterocycles. The maximum absolute atomic E-state index is 6.35. The SMILES string of the molecule is CC=COCCc1ccccc1C(C)(C)Cl. The molecule has 0 unspecified atom stereocenters. The first-order valence-electron chi connectivity index (χ1n) is 5.55. The van der Waals surface area contributed by atoms with Crippen LogP contribution in [-0.2, 0) is 16.0 Å². The molecule has 0 N–H and O–H groups in total. The largest absolute Gasteiger partial charge is 0.501 e. The van der Waals surface area contributed by atoms with Crippen molar-refractivity contribution in [2.75, 3.05) is 6.61 Å². The molecule has 0 radical (unpaired) electrons. The van der Waals surface area contributed by atoms with Gasteiger partial charge in [0.05, 0.1) is 17.7 Å². The molecule has 0 heterocycles. The van der Waals surface area contributed by atoms with E-state index in [2.05, 4.69) is 12.1 Å². The lowest BCUT2D eigenvalue weighted by Gasteiger charge is -2.20. The zero-order chi connectivity index (χ0) is 12.0. The Kier molecular flexibility index (Phi) is 4.88. The van der Waals surface area contributed by atoms with Gasteiger partial charge in [-0.15, -0.1) is 11.6 Å². The fraction of sp³-hybridized carbons (Fsp3) is 0.429. The lowest BCUT2D eigenvalue weighted by Crippen LogP contribution is -2.12. The van der Waals surface area contributed by atoms with Crippen molar-refractivity contribution < 1.29 is 4.74 Å². The molecule has 0 aromatic heterocycles. The van der Waals surface area contributed by atoms with Crippen molar-refractivity contribution in [2.24, 2.45) is 0 Å². The third-order valence-corrected chi connectivity index (χ3v) is 2.58. The molecule has 0 amide bonds. The summed E-state index contributed by atoms with van der Waals surface area (Å²) in [7, 11) is 0. The van der Waals surface area contributed by atoms with Gasteiger partial charge in [-0.1, -0.05) is 30.3 Å². The smallest absolute Gasteiger partial charge is 0.0913 e. The summed E-state index contributed by atoms with van der Waals surface area (Å²) in [5, 5.41) is 0. The molecule has 0 fully saturated rings. The molecular weight excluding hydrogens is 220 g/mol. The van der Waals surface area contributed by atoms with Crippen molar-refractivity contribution >= 4 is 11.6 Å². The van der Waals surface area contributed by atoms with E-state index in [9.17, 15) is 0 Å². The summed E-state index contributed by atoms with van der Waals surface area (Å²) in [5.41, 5.74) is 2.44. The highest BCUT2D eigenvalue weighted by molar-refractivity contribution is 6.23. The highest BCUT2D eigenvalue weighted by Gasteiger charge is 2.19. The van der Waals surface area contributed by atoms with Gasteiger partial charge in [0.1, 0.15) is 0 Å². The predicted molar refractivity (Wildman–Crippen MR) is 69.8 cm³/mol. The second kappa shape index (κ2) is 5.95. The van der Waals surface area contributed by atoms with Crippen LogP contribution in [0.2, 0.25) is 0 Å². The first-order valence-corrected chi connectivity index (χ1v) is 5.93. The Balaban J connectivity index is 2.72. The maximum atomic E-state index is 6.35. The van der Waals surface area contributed by atoms with Gasteiger partial charge >= 0.3 is 0 Å². The van der Waals surface area contributed by atoms with Crippen LogP contribution < -0.4 is 0 Å². The number of allylic oxidation sites excluding steroid dienone is 1. The van der Waals surface area contributed by atoms with Gasteiger partial charge in [0.2, 0.25) is 0 Å². The van der Waals surface area contributed by atoms with Crippen LogP contribution in [0.4, 0.5) is 0 Å². The molecule has 2 heteroatoms. The minimum atomic E-state index is -0.322. The summed E-state index contributed by atoms with van der Waals surface area (Å²) in [5.74, 6) is 0. The Hall–Kier alpha value is -0.950. The van der Waals surface area contributed by atoms with Crippen molar-refractivity contribution in [3.63, 3.8) is 0 Å². The molecule has 0 saturated heterocycles. The minimum absolute atomic E-state index is 0.322. The average Bonchev–Trinajstić information content (AvgIpc) is 2.24. The normalized spacial score (nSPS) is 12.0. The molecule has 1 nitrogen and oxygen atoms in total. The van der Waals surface area contributed by atoms with E-state index in [1.54, 1.807) is 6.26 Å². The van der Waals surface area contributed by atoms with Gasteiger partial charge in [-0.3, -0.25) is 0 Å². The minimum Gasteiger partial charge on any atom is -0.501 e. The molecule has 16 heavy (non-hydrogen) atoms. The standard InChI is InChI=1S/C14H19ClO/c1-4-10-16-11-9-12-7-5-6-8-13(12)14(2,3)15/h4-8,10H,9,11H2,1-3H3. The molecule has 1 aromatic carbocycles. The van der Waals surface area contributed by atoms with Crippen molar-refractivity contribution in [3.05, 3.63) is 47.7 Å². The average molecular weight is 239 g/mol. The van der Waals surface area contributed by atoms with Gasteiger partial charge in [0.25, 0.3) is 0 Å². The molecule has 0 saturated carbocycles. The predicted octanol–water partition coefficient (Wildman–Crippen LogP) is 4.25. The van der Waals surface area contributed by atoms with Crippen LogP contribution in [0.25, 0.3) is 0 Å². The molecule has 0 spiro atoms. The van der Waals surface area contributed by atoms with Crippen LogP contribution in [0.5, 0.6) is 0 Å². The molecule has 0 atom stereocenters. The zero-order valence-corrected chi connectivity index (χ0v) is 10.9. The number of alkyl halides is 1. The van der Waals surface area contributed by atoms with Gasteiger partial charge < -0.3 is 4.74 Å². The van der Waals surface area contributed by atoms with Crippen molar-refractivity contribution in [2.45, 2.75) is 32.1 Å². The van der Waals surface area contributed by atoms with E-state index < -0.39 is 0 Å². The summed E-state index contributed by atoms with van der Waals surface area (Å²) in [6, 6.07) is 8.25. The number of ether oxygens (including phenoxy) is 1. The van der Waals surface area contributed by atoms with E-state index in [0.29, 0.717) is 6.61 Å². The highest BCUT2D eigenvalue weighted by atomic mass is 35.5. The van der Waals surface area contributed by atoms with Gasteiger partial charge in [0.15, 0.2) is 0 Å². The Morgan fingerprint density at radius 3 is 2.62 bits per heavy atom. The quantitative estimate of drug-likeness (QED) is 0.423. The van der Waals surface area contributed by atoms with Crippen LogP contribution >= 0.6 is 11.6 Å². The summed E-state index contributed by atoms with van der Waals surface area (Å²) in [6.07, 6.45) is 4.49. The third-order valence-electron chi connectivity index (χ3n) is 2.38. The number of hydrogen-bond acceptors (Lipinski definition) is 1. The van der Waals surface area contributed by atoms with Crippen LogP contribution in [0.15, 0.2) is 36.6 Å². The van der Waals surface area contributed by atoms with Gasteiger partial charge in [-0.05, 0) is 31.9 Å². The fourth-order valence-corrected chi connectivity index (χ4v) is 1.84. The summed E-state index contributed by atoms with van der Waals surface area (Å²) < 4.78 is 5.33. The van der Waals surface area contributed by atoms with E-state index in [1.165, 1.54) is 11.1 Å². The molecule has 0 aliphatic rings. The zero-order valence-electron chi connectivity index (χ0n) is 10.2. The van der Waals surface area contributed by atoms with Crippen LogP contribution in [0.1, 0.15) is 31.9 Å². The molecular formula is C14H19ClO. The van der Waals surface area contributed by atoms with E-state index in [1.807, 2.05) is 39.0 Å². The molecule has 1 aromatic rings. The van der Waals surface area contributed by atoms with E-state index in [-0.39, 0.29) is 4.87 Å². The Labute approximate surface area is 103 Å². The van der Waals surface area contributed by atoms with E-state index in [0.717, 1.165) is 6.42 Å². The fourth-order valence-electron chi connectivity index (χ4n) is 1.65. The van der Waals surface area contributed by atoms with Gasteiger partial charge in [-0.2, -0.15) is 0 Å². The summed E-state index contributed by atoms with van der Waals surface area (Å²) in [6.45, 7) is 6.66. The van der Waals surface area contributed by atoms with E-state index in [4.69, 9.17) is 16.3 Å². The monoisotopic (exact) mass is 238 g/mol. The topological polar surface area (TPSA) is 9.23 Å². The lowest BCUT2D eigenvalue weighted by molar-refractivity contribution is 0.253. The Bertz CT molecular complexity index is 350. The summed E-state index contributed by atoms with van der Waals surface area (Å²) >= 11 is 6.35. The van der Waals surface area contributed by atoms with E-state index >= 15 is 0 Å². The lowest BCUT2D eigenvalue weighted by atomic mass is 9.95. The van der Waals surface area contributed by atoms with Gasteiger partial charge in [-0.25, -0.2) is 0 Å².